The molecule has 88 valence electrons. The first kappa shape index (κ1) is 11.5. The first-order chi connectivity index (χ1) is 8.08. The van der Waals surface area contributed by atoms with Gasteiger partial charge in [-0.3, -0.25) is 4.79 Å². The molecular weight excluding hydrogens is 244 g/mol. The molecule has 0 saturated carbocycles. The number of hydrogen-bond acceptors (Lipinski definition) is 4. The van der Waals surface area contributed by atoms with Crippen molar-refractivity contribution in [1.82, 2.24) is 20.2 Å². The number of aromatic nitrogens is 4. The molecule has 6 nitrogen and oxygen atoms in total. The molecule has 0 bridgehead atoms. The van der Waals surface area contributed by atoms with Crippen LogP contribution < -0.4 is 0 Å². The lowest BCUT2D eigenvalue weighted by Crippen LogP contribution is -2.10. The minimum Gasteiger partial charge on any atom is -0.481 e. The van der Waals surface area contributed by atoms with Gasteiger partial charge in [-0.25, -0.2) is 0 Å². The fourth-order valence-corrected chi connectivity index (χ4v) is 1.72. The van der Waals surface area contributed by atoms with Gasteiger partial charge < -0.3 is 5.11 Å². The van der Waals surface area contributed by atoms with Crippen LogP contribution in [0.15, 0.2) is 18.2 Å². The summed E-state index contributed by atoms with van der Waals surface area (Å²) in [6.45, 7) is 1.85. The highest BCUT2D eigenvalue weighted by atomic mass is 35.5. The molecule has 17 heavy (non-hydrogen) atoms. The van der Waals surface area contributed by atoms with Crippen LogP contribution in [0.25, 0.3) is 5.69 Å². The third kappa shape index (κ3) is 2.42. The molecule has 7 heteroatoms. The summed E-state index contributed by atoms with van der Waals surface area (Å²) in [4.78, 5) is 10.7. The Kier molecular flexibility index (Phi) is 3.06. The fourth-order valence-electron chi connectivity index (χ4n) is 1.49. The Labute approximate surface area is 102 Å². The minimum atomic E-state index is -0.979. The van der Waals surface area contributed by atoms with Crippen LogP contribution in [0.1, 0.15) is 11.4 Å². The van der Waals surface area contributed by atoms with E-state index in [1.165, 1.54) is 4.68 Å². The average molecular weight is 253 g/mol. The van der Waals surface area contributed by atoms with E-state index in [9.17, 15) is 4.79 Å². The van der Waals surface area contributed by atoms with Gasteiger partial charge in [-0.1, -0.05) is 11.6 Å². The third-order valence-corrected chi connectivity index (χ3v) is 2.47. The minimum absolute atomic E-state index is 0.227. The van der Waals surface area contributed by atoms with Gasteiger partial charge in [-0.15, -0.1) is 5.10 Å². The second-order valence-electron chi connectivity index (χ2n) is 3.51. The zero-order valence-corrected chi connectivity index (χ0v) is 9.72. The summed E-state index contributed by atoms with van der Waals surface area (Å²) in [5, 5.41) is 20.3. The Morgan fingerprint density at radius 3 is 2.94 bits per heavy atom. The number of carboxylic acid groups (broad SMARTS) is 1. The Morgan fingerprint density at radius 1 is 1.53 bits per heavy atom. The van der Waals surface area contributed by atoms with Crippen molar-refractivity contribution in [3.63, 3.8) is 0 Å². The van der Waals surface area contributed by atoms with Crippen LogP contribution in [0.5, 0.6) is 0 Å². The lowest BCUT2D eigenvalue weighted by Gasteiger charge is -2.06. The Balaban J connectivity index is 2.46. The van der Waals surface area contributed by atoms with Crippen LogP contribution in [0.3, 0.4) is 0 Å². The molecule has 0 aliphatic carbocycles. The number of aliphatic carboxylic acids is 1. The van der Waals surface area contributed by atoms with Gasteiger partial charge in [0.05, 0.1) is 5.69 Å². The second kappa shape index (κ2) is 4.50. The number of rotatable bonds is 3. The van der Waals surface area contributed by atoms with Crippen LogP contribution in [0.4, 0.5) is 0 Å². The Hall–Kier alpha value is -1.95. The van der Waals surface area contributed by atoms with Gasteiger partial charge in [0.1, 0.15) is 6.42 Å². The summed E-state index contributed by atoms with van der Waals surface area (Å²) in [5.41, 5.74) is 1.59. The molecule has 0 spiro atoms. The largest absolute Gasteiger partial charge is 0.481 e. The van der Waals surface area contributed by atoms with Crippen molar-refractivity contribution in [1.29, 1.82) is 0 Å². The Morgan fingerprint density at radius 2 is 2.29 bits per heavy atom. The number of aryl methyl sites for hydroxylation is 1. The maximum Gasteiger partial charge on any atom is 0.311 e. The number of carbonyl (C=O) groups is 1. The van der Waals surface area contributed by atoms with Crippen molar-refractivity contribution in [2.45, 2.75) is 13.3 Å². The zero-order valence-electron chi connectivity index (χ0n) is 8.96. The molecule has 0 fully saturated rings. The van der Waals surface area contributed by atoms with E-state index >= 15 is 0 Å². The molecule has 1 aromatic heterocycles. The van der Waals surface area contributed by atoms with Gasteiger partial charge in [-0.2, -0.15) is 4.68 Å². The maximum atomic E-state index is 10.7. The lowest BCUT2D eigenvalue weighted by atomic mass is 10.2. The lowest BCUT2D eigenvalue weighted by molar-refractivity contribution is -0.136. The molecule has 2 rings (SSSR count). The number of carboxylic acids is 1. The summed E-state index contributed by atoms with van der Waals surface area (Å²) in [6, 6.07) is 5.22. The highest BCUT2D eigenvalue weighted by Gasteiger charge is 2.13. The molecule has 0 atom stereocenters. The number of benzene rings is 1. The molecule has 0 aliphatic heterocycles. The van der Waals surface area contributed by atoms with E-state index in [1.807, 2.05) is 6.92 Å². The number of tetrazole rings is 1. The van der Waals surface area contributed by atoms with Crippen molar-refractivity contribution in [3.05, 3.63) is 34.6 Å². The van der Waals surface area contributed by atoms with Crippen molar-refractivity contribution >= 4 is 17.6 Å². The molecule has 0 unspecified atom stereocenters. The quantitative estimate of drug-likeness (QED) is 0.889. The van der Waals surface area contributed by atoms with E-state index in [0.29, 0.717) is 5.02 Å². The molecule has 0 radical (unpaired) electrons. The molecule has 0 saturated heterocycles. The van der Waals surface area contributed by atoms with Crippen molar-refractivity contribution < 1.29 is 9.90 Å². The summed E-state index contributed by atoms with van der Waals surface area (Å²) >= 11 is 5.85. The van der Waals surface area contributed by atoms with Crippen LogP contribution in [-0.2, 0) is 11.2 Å². The molecule has 0 amide bonds. The first-order valence-electron chi connectivity index (χ1n) is 4.83. The van der Waals surface area contributed by atoms with Crippen molar-refractivity contribution in [3.8, 4) is 5.69 Å². The van der Waals surface area contributed by atoms with Crippen molar-refractivity contribution in [2.24, 2.45) is 0 Å². The zero-order chi connectivity index (χ0) is 12.4. The second-order valence-corrected chi connectivity index (χ2v) is 3.94. The summed E-state index contributed by atoms with van der Waals surface area (Å²) in [5.74, 6) is -0.699. The van der Waals surface area contributed by atoms with Crippen LogP contribution in [0, 0.1) is 6.92 Å². The molecule has 1 heterocycles. The van der Waals surface area contributed by atoms with Crippen LogP contribution >= 0.6 is 11.6 Å². The maximum absolute atomic E-state index is 10.7. The normalized spacial score (nSPS) is 10.5. The molecule has 2 aromatic rings. The van der Waals surface area contributed by atoms with Crippen LogP contribution in [-0.4, -0.2) is 31.3 Å². The van der Waals surface area contributed by atoms with Crippen LogP contribution in [0.2, 0.25) is 5.02 Å². The summed E-state index contributed by atoms with van der Waals surface area (Å²) in [6.07, 6.45) is -0.227. The first-order valence-corrected chi connectivity index (χ1v) is 5.21. The van der Waals surface area contributed by atoms with E-state index in [0.717, 1.165) is 11.3 Å². The Bertz CT molecular complexity index is 567. The van der Waals surface area contributed by atoms with Gasteiger partial charge >= 0.3 is 5.97 Å². The standard InChI is InChI=1S/C10H9ClN4O2/c1-6-4-7(11)2-3-8(6)15-9(5-10(16)17)12-13-14-15/h2-4H,5H2,1H3,(H,16,17). The number of nitrogens with zero attached hydrogens (tertiary/aromatic N) is 4. The van der Waals surface area contributed by atoms with Gasteiger partial charge in [0.15, 0.2) is 5.82 Å². The topological polar surface area (TPSA) is 80.9 Å². The van der Waals surface area contributed by atoms with E-state index in [-0.39, 0.29) is 12.2 Å². The average Bonchev–Trinajstić information content (AvgIpc) is 2.65. The number of hydrogen-bond donors (Lipinski definition) is 1. The highest BCUT2D eigenvalue weighted by molar-refractivity contribution is 6.30. The van der Waals surface area contributed by atoms with E-state index in [4.69, 9.17) is 16.7 Å². The monoisotopic (exact) mass is 252 g/mol. The smallest absolute Gasteiger partial charge is 0.311 e. The molecule has 1 N–H and O–H groups in total. The van der Waals surface area contributed by atoms with Gasteiger partial charge in [0, 0.05) is 5.02 Å². The predicted molar refractivity (Wildman–Crippen MR) is 60.2 cm³/mol. The molecular formula is C10H9ClN4O2. The number of halogens is 1. The van der Waals surface area contributed by atoms with Gasteiger partial charge in [-0.05, 0) is 41.1 Å². The third-order valence-electron chi connectivity index (χ3n) is 2.23. The SMILES string of the molecule is Cc1cc(Cl)ccc1-n1nnnc1CC(=O)O. The van der Waals surface area contributed by atoms with E-state index < -0.39 is 5.97 Å². The summed E-state index contributed by atoms with van der Waals surface area (Å²) in [7, 11) is 0. The van der Waals surface area contributed by atoms with Gasteiger partial charge in [0.2, 0.25) is 0 Å². The predicted octanol–water partition coefficient (Wildman–Crippen LogP) is 1.25. The molecule has 0 aliphatic rings. The van der Waals surface area contributed by atoms with E-state index in [1.54, 1.807) is 18.2 Å². The highest BCUT2D eigenvalue weighted by Crippen LogP contribution is 2.18. The van der Waals surface area contributed by atoms with Crippen molar-refractivity contribution in [2.75, 3.05) is 0 Å². The van der Waals surface area contributed by atoms with Gasteiger partial charge in [0.25, 0.3) is 0 Å². The fraction of sp³-hybridized carbons (Fsp3) is 0.200. The molecule has 1 aromatic carbocycles. The summed E-state index contributed by atoms with van der Waals surface area (Å²) < 4.78 is 1.40. The van der Waals surface area contributed by atoms with E-state index in [2.05, 4.69) is 15.5 Å².